The van der Waals surface area contributed by atoms with Crippen LogP contribution in [0.5, 0.6) is 0 Å². The smallest absolute Gasteiger partial charge is 0.337 e. The lowest BCUT2D eigenvalue weighted by atomic mass is 10.2. The van der Waals surface area contributed by atoms with E-state index in [-0.39, 0.29) is 12.3 Å². The fraction of sp³-hybridized carbons (Fsp3) is 0.143. The molecule has 1 aromatic heterocycles. The number of hydrogen-bond acceptors (Lipinski definition) is 4. The average Bonchev–Trinajstić information content (AvgIpc) is 2.93. The number of carbonyl (C=O) groups is 2. The monoisotopic (exact) mass is 309 g/mol. The standard InChI is InChI=1S/C14H12ClNO3S/c1-19-14(18)9-4-5-11(15)12(7-9)16-13(17)8-10-3-2-6-20-10/h2-7H,8H2,1H3,(H,16,17). The van der Waals surface area contributed by atoms with Gasteiger partial charge in [0, 0.05) is 4.88 Å². The van der Waals surface area contributed by atoms with Gasteiger partial charge >= 0.3 is 5.97 Å². The molecule has 0 aliphatic carbocycles. The van der Waals surface area contributed by atoms with Gasteiger partial charge in [0.1, 0.15) is 0 Å². The molecule has 1 heterocycles. The van der Waals surface area contributed by atoms with Crippen molar-refractivity contribution in [3.63, 3.8) is 0 Å². The summed E-state index contributed by atoms with van der Waals surface area (Å²) in [7, 11) is 1.30. The van der Waals surface area contributed by atoms with Crippen molar-refractivity contribution in [2.24, 2.45) is 0 Å². The van der Waals surface area contributed by atoms with E-state index in [1.54, 1.807) is 12.1 Å². The Balaban J connectivity index is 2.12. The van der Waals surface area contributed by atoms with Gasteiger partial charge in [0.2, 0.25) is 5.91 Å². The van der Waals surface area contributed by atoms with Crippen LogP contribution >= 0.6 is 22.9 Å². The Morgan fingerprint density at radius 1 is 1.35 bits per heavy atom. The Morgan fingerprint density at radius 3 is 2.80 bits per heavy atom. The fourth-order valence-electron chi connectivity index (χ4n) is 1.63. The van der Waals surface area contributed by atoms with Crippen LogP contribution in [0, 0.1) is 0 Å². The van der Waals surface area contributed by atoms with Crippen LogP contribution in [0.2, 0.25) is 5.02 Å². The Kier molecular flexibility index (Phi) is 4.76. The number of halogens is 1. The third-order valence-electron chi connectivity index (χ3n) is 2.58. The second-order valence-electron chi connectivity index (χ2n) is 3.99. The minimum absolute atomic E-state index is 0.184. The Labute approximate surface area is 125 Å². The largest absolute Gasteiger partial charge is 0.465 e. The third kappa shape index (κ3) is 3.59. The minimum Gasteiger partial charge on any atom is -0.465 e. The van der Waals surface area contributed by atoms with Crippen molar-refractivity contribution >= 4 is 40.5 Å². The highest BCUT2D eigenvalue weighted by Crippen LogP contribution is 2.24. The predicted octanol–water partition coefficient (Wildman–Crippen LogP) is 3.37. The van der Waals surface area contributed by atoms with Crippen LogP contribution in [-0.4, -0.2) is 19.0 Å². The van der Waals surface area contributed by atoms with Gasteiger partial charge < -0.3 is 10.1 Å². The first-order valence-corrected chi connectivity index (χ1v) is 7.06. The molecule has 1 N–H and O–H groups in total. The number of nitrogens with one attached hydrogen (secondary N) is 1. The van der Waals surface area contributed by atoms with Crippen molar-refractivity contribution in [3.8, 4) is 0 Å². The molecule has 1 aromatic carbocycles. The zero-order valence-corrected chi connectivity index (χ0v) is 12.3. The molecule has 0 unspecified atom stereocenters. The SMILES string of the molecule is COC(=O)c1ccc(Cl)c(NC(=O)Cc2cccs2)c1. The van der Waals surface area contributed by atoms with Gasteiger partial charge in [-0.3, -0.25) is 4.79 Å². The molecule has 0 saturated carbocycles. The molecular weight excluding hydrogens is 298 g/mol. The number of esters is 1. The van der Waals surface area contributed by atoms with Crippen molar-refractivity contribution < 1.29 is 14.3 Å². The van der Waals surface area contributed by atoms with Crippen molar-refractivity contribution in [1.29, 1.82) is 0 Å². The molecule has 0 saturated heterocycles. The lowest BCUT2D eigenvalue weighted by Gasteiger charge is -2.08. The highest BCUT2D eigenvalue weighted by molar-refractivity contribution is 7.10. The van der Waals surface area contributed by atoms with E-state index in [1.165, 1.54) is 24.5 Å². The van der Waals surface area contributed by atoms with Gasteiger partial charge in [-0.2, -0.15) is 0 Å². The number of methoxy groups -OCH3 is 1. The molecule has 2 rings (SSSR count). The van der Waals surface area contributed by atoms with E-state index < -0.39 is 5.97 Å². The summed E-state index contributed by atoms with van der Waals surface area (Å²) < 4.78 is 4.63. The number of amides is 1. The number of rotatable bonds is 4. The summed E-state index contributed by atoms with van der Waals surface area (Å²) in [4.78, 5) is 24.3. The summed E-state index contributed by atoms with van der Waals surface area (Å²) in [6, 6.07) is 8.37. The van der Waals surface area contributed by atoms with Gasteiger partial charge in [0.05, 0.1) is 29.8 Å². The number of hydrogen-bond donors (Lipinski definition) is 1. The number of carbonyl (C=O) groups excluding carboxylic acids is 2. The van der Waals surface area contributed by atoms with E-state index in [0.29, 0.717) is 16.3 Å². The van der Waals surface area contributed by atoms with Crippen LogP contribution < -0.4 is 5.32 Å². The maximum Gasteiger partial charge on any atom is 0.337 e. The molecule has 0 fully saturated rings. The topological polar surface area (TPSA) is 55.4 Å². The molecule has 1 amide bonds. The second-order valence-corrected chi connectivity index (χ2v) is 5.43. The van der Waals surface area contributed by atoms with Crippen LogP contribution in [0.4, 0.5) is 5.69 Å². The second kappa shape index (κ2) is 6.54. The molecule has 0 spiro atoms. The van der Waals surface area contributed by atoms with Gasteiger partial charge in [-0.15, -0.1) is 11.3 Å². The molecule has 20 heavy (non-hydrogen) atoms. The molecular formula is C14H12ClNO3S. The predicted molar refractivity (Wildman–Crippen MR) is 79.4 cm³/mol. The quantitative estimate of drug-likeness (QED) is 0.881. The first-order valence-electron chi connectivity index (χ1n) is 5.80. The summed E-state index contributed by atoms with van der Waals surface area (Å²) in [5.41, 5.74) is 0.736. The van der Waals surface area contributed by atoms with Gasteiger partial charge in [-0.1, -0.05) is 17.7 Å². The van der Waals surface area contributed by atoms with E-state index in [9.17, 15) is 9.59 Å². The normalized spacial score (nSPS) is 10.1. The lowest BCUT2D eigenvalue weighted by Crippen LogP contribution is -2.14. The highest BCUT2D eigenvalue weighted by atomic mass is 35.5. The summed E-state index contributed by atoms with van der Waals surface area (Å²) in [6.07, 6.45) is 0.274. The van der Waals surface area contributed by atoms with Gasteiger partial charge in [0.25, 0.3) is 0 Å². The van der Waals surface area contributed by atoms with Crippen LogP contribution in [0.25, 0.3) is 0 Å². The zero-order valence-electron chi connectivity index (χ0n) is 10.7. The van der Waals surface area contributed by atoms with Crippen LogP contribution in [0.3, 0.4) is 0 Å². The summed E-state index contributed by atoms with van der Waals surface area (Å²) in [5, 5.41) is 4.98. The Hall–Kier alpha value is -1.85. The van der Waals surface area contributed by atoms with Crippen molar-refractivity contribution in [2.75, 3.05) is 12.4 Å². The van der Waals surface area contributed by atoms with Gasteiger partial charge in [-0.25, -0.2) is 4.79 Å². The number of ether oxygens (including phenoxy) is 1. The molecule has 0 atom stereocenters. The molecule has 104 valence electrons. The van der Waals surface area contributed by atoms with Crippen molar-refractivity contribution in [1.82, 2.24) is 0 Å². The average molecular weight is 310 g/mol. The maximum absolute atomic E-state index is 11.9. The van der Waals surface area contributed by atoms with E-state index in [0.717, 1.165) is 4.88 Å². The van der Waals surface area contributed by atoms with Crippen LogP contribution in [0.15, 0.2) is 35.7 Å². The van der Waals surface area contributed by atoms with E-state index >= 15 is 0 Å². The molecule has 0 aliphatic rings. The van der Waals surface area contributed by atoms with Crippen LogP contribution in [0.1, 0.15) is 15.2 Å². The maximum atomic E-state index is 11.9. The summed E-state index contributed by atoms with van der Waals surface area (Å²) >= 11 is 7.52. The number of benzene rings is 1. The fourth-order valence-corrected chi connectivity index (χ4v) is 2.50. The van der Waals surface area contributed by atoms with E-state index in [2.05, 4.69) is 10.1 Å². The summed E-state index contributed by atoms with van der Waals surface area (Å²) in [5.74, 6) is -0.660. The van der Waals surface area contributed by atoms with E-state index in [1.807, 2.05) is 17.5 Å². The van der Waals surface area contributed by atoms with Gasteiger partial charge in [-0.05, 0) is 29.6 Å². The molecule has 0 aliphatic heterocycles. The van der Waals surface area contributed by atoms with Crippen molar-refractivity contribution in [3.05, 3.63) is 51.2 Å². The third-order valence-corrected chi connectivity index (χ3v) is 3.78. The first kappa shape index (κ1) is 14.6. The summed E-state index contributed by atoms with van der Waals surface area (Å²) in [6.45, 7) is 0. The molecule has 0 bridgehead atoms. The number of anilines is 1. The zero-order chi connectivity index (χ0) is 14.5. The number of thiophene rings is 1. The Morgan fingerprint density at radius 2 is 2.15 bits per heavy atom. The lowest BCUT2D eigenvalue weighted by molar-refractivity contribution is -0.115. The Bertz CT molecular complexity index is 625. The van der Waals surface area contributed by atoms with Crippen molar-refractivity contribution in [2.45, 2.75) is 6.42 Å². The molecule has 4 nitrogen and oxygen atoms in total. The molecule has 2 aromatic rings. The molecule has 0 radical (unpaired) electrons. The first-order chi connectivity index (χ1) is 9.60. The van der Waals surface area contributed by atoms with Gasteiger partial charge in [0.15, 0.2) is 0 Å². The highest BCUT2D eigenvalue weighted by Gasteiger charge is 2.11. The van der Waals surface area contributed by atoms with Crippen LogP contribution in [-0.2, 0) is 16.0 Å². The molecule has 6 heteroatoms. The minimum atomic E-state index is -0.476. The van der Waals surface area contributed by atoms with E-state index in [4.69, 9.17) is 11.6 Å².